The lowest BCUT2D eigenvalue weighted by Crippen LogP contribution is -2.21. The summed E-state index contributed by atoms with van der Waals surface area (Å²) in [5.74, 6) is -0.905. The smallest absolute Gasteiger partial charge is 0.342 e. The number of rotatable bonds is 1. The van der Waals surface area contributed by atoms with Gasteiger partial charge in [-0.1, -0.05) is 18.0 Å². The predicted octanol–water partition coefficient (Wildman–Crippen LogP) is 3.43. The lowest BCUT2D eigenvalue weighted by Gasteiger charge is -2.20. The zero-order chi connectivity index (χ0) is 19.3. The summed E-state index contributed by atoms with van der Waals surface area (Å²) in [5, 5.41) is 20.0. The Hall–Kier alpha value is -1.79. The molecule has 0 aliphatic carbocycles. The molecule has 1 aromatic carbocycles. The highest BCUT2D eigenvalue weighted by Gasteiger charge is 2.27. The van der Waals surface area contributed by atoms with Crippen molar-refractivity contribution in [2.75, 3.05) is 7.11 Å². The van der Waals surface area contributed by atoms with E-state index in [1.165, 1.54) is 13.2 Å². The molecule has 1 heterocycles. The lowest BCUT2D eigenvalue weighted by atomic mass is 9.97. The summed E-state index contributed by atoms with van der Waals surface area (Å²) in [6, 6.07) is 1.24. The average Bonchev–Trinajstić information content (AvgIpc) is 2.59. The molecular formula is C19H25ClO6. The number of esters is 1. The minimum atomic E-state index is -0.661. The number of aliphatic hydroxyl groups excluding tert-OH is 1. The van der Waals surface area contributed by atoms with E-state index in [-0.39, 0.29) is 39.9 Å². The van der Waals surface area contributed by atoms with E-state index in [1.54, 1.807) is 6.92 Å². The van der Waals surface area contributed by atoms with Crippen LogP contribution >= 0.6 is 11.6 Å². The van der Waals surface area contributed by atoms with Crippen molar-refractivity contribution in [3.05, 3.63) is 22.2 Å². The minimum absolute atomic E-state index is 0.0405. The molecule has 0 bridgehead atoms. The molecule has 1 aromatic rings. The molecular weight excluding hydrogens is 360 g/mol. The number of halogens is 1. The number of phenols is 1. The van der Waals surface area contributed by atoms with Crippen LogP contribution in [0.2, 0.25) is 5.02 Å². The van der Waals surface area contributed by atoms with Gasteiger partial charge in [-0.3, -0.25) is 4.79 Å². The summed E-state index contributed by atoms with van der Waals surface area (Å²) in [6.45, 7) is 1.75. The van der Waals surface area contributed by atoms with E-state index in [9.17, 15) is 19.8 Å². The number of fused-ring (bicyclic) bond motifs is 1. The number of ether oxygens (including phenoxy) is 2. The van der Waals surface area contributed by atoms with Crippen LogP contribution in [0.1, 0.15) is 61.4 Å². The number of Topliss-reactive ketones (excluding diaryl/α,β-unsaturated/α-hetero) is 1. The molecule has 26 heavy (non-hydrogen) atoms. The van der Waals surface area contributed by atoms with Crippen LogP contribution in [0, 0.1) is 0 Å². The summed E-state index contributed by atoms with van der Waals surface area (Å²) in [7, 11) is 1.36. The first-order valence-electron chi connectivity index (χ1n) is 8.82. The SMILES string of the molecule is COc1cc(O)c(Cl)c2c1C(=O)O[C@@H](C)CC[C@@H](O)CCCCC(=O)C2. The monoisotopic (exact) mass is 384 g/mol. The van der Waals surface area contributed by atoms with Gasteiger partial charge in [0.05, 0.1) is 24.3 Å². The number of benzene rings is 1. The van der Waals surface area contributed by atoms with Gasteiger partial charge in [0, 0.05) is 24.5 Å². The van der Waals surface area contributed by atoms with Crippen molar-refractivity contribution in [1.82, 2.24) is 0 Å². The highest BCUT2D eigenvalue weighted by Crippen LogP contribution is 2.38. The fourth-order valence-electron chi connectivity index (χ4n) is 3.08. The standard InChI is InChI=1S/C19H25ClO6/c1-11-7-8-12(21)5-3-4-6-13(22)9-14-17(19(24)26-11)16(25-2)10-15(23)18(14)20/h10-12,21,23H,3-9H2,1-2H3/t11-,12-/m0/s1. The van der Waals surface area contributed by atoms with Gasteiger partial charge in [0.25, 0.3) is 0 Å². The van der Waals surface area contributed by atoms with Crippen LogP contribution in [0.15, 0.2) is 6.07 Å². The van der Waals surface area contributed by atoms with Gasteiger partial charge in [-0.05, 0) is 32.6 Å². The van der Waals surface area contributed by atoms with Crippen LogP contribution in [0.4, 0.5) is 0 Å². The van der Waals surface area contributed by atoms with Crippen LogP contribution in [0.25, 0.3) is 0 Å². The summed E-state index contributed by atoms with van der Waals surface area (Å²) in [4.78, 5) is 25.0. The van der Waals surface area contributed by atoms with Crippen molar-refractivity contribution in [1.29, 1.82) is 0 Å². The summed E-state index contributed by atoms with van der Waals surface area (Å²) in [5.41, 5.74) is 0.288. The number of methoxy groups -OCH3 is 1. The normalized spacial score (nSPS) is 22.9. The zero-order valence-corrected chi connectivity index (χ0v) is 15.8. The second-order valence-electron chi connectivity index (χ2n) is 6.67. The fourth-order valence-corrected chi connectivity index (χ4v) is 3.30. The van der Waals surface area contributed by atoms with Gasteiger partial charge in [0.15, 0.2) is 0 Å². The number of hydrogen-bond donors (Lipinski definition) is 2. The molecule has 2 atom stereocenters. The Labute approximate surface area is 158 Å². The number of phenolic OH excluding ortho intramolecular Hbond substituents is 1. The second kappa shape index (κ2) is 9.24. The third-order valence-electron chi connectivity index (χ3n) is 4.56. The molecule has 2 N–H and O–H groups in total. The first kappa shape index (κ1) is 20.5. The van der Waals surface area contributed by atoms with Crippen molar-refractivity contribution in [3.8, 4) is 11.5 Å². The number of hydrogen-bond acceptors (Lipinski definition) is 6. The highest BCUT2D eigenvalue weighted by molar-refractivity contribution is 6.33. The maximum absolute atomic E-state index is 12.7. The molecule has 0 radical (unpaired) electrons. The molecule has 0 amide bonds. The molecule has 1 aliphatic heterocycles. The Bertz CT molecular complexity index is 672. The van der Waals surface area contributed by atoms with E-state index in [0.29, 0.717) is 32.1 Å². The van der Waals surface area contributed by atoms with E-state index in [1.807, 2.05) is 0 Å². The van der Waals surface area contributed by atoms with E-state index in [4.69, 9.17) is 21.1 Å². The van der Waals surface area contributed by atoms with Crippen molar-refractivity contribution in [2.45, 2.75) is 64.1 Å². The first-order chi connectivity index (χ1) is 12.3. The van der Waals surface area contributed by atoms with E-state index >= 15 is 0 Å². The molecule has 1 aliphatic rings. The van der Waals surface area contributed by atoms with Crippen molar-refractivity contribution >= 4 is 23.4 Å². The quantitative estimate of drug-likeness (QED) is 0.720. The zero-order valence-electron chi connectivity index (χ0n) is 15.1. The van der Waals surface area contributed by atoms with Gasteiger partial charge in [0.2, 0.25) is 0 Å². The molecule has 0 unspecified atom stereocenters. The topological polar surface area (TPSA) is 93.1 Å². The predicted molar refractivity (Wildman–Crippen MR) is 97.0 cm³/mol. The van der Waals surface area contributed by atoms with Gasteiger partial charge in [-0.15, -0.1) is 0 Å². The Morgan fingerprint density at radius 2 is 1.96 bits per heavy atom. The van der Waals surface area contributed by atoms with Crippen LogP contribution < -0.4 is 4.74 Å². The Morgan fingerprint density at radius 1 is 1.23 bits per heavy atom. The number of cyclic esters (lactones) is 1. The van der Waals surface area contributed by atoms with Crippen molar-refractivity contribution < 1.29 is 29.3 Å². The van der Waals surface area contributed by atoms with Crippen LogP contribution in [0.3, 0.4) is 0 Å². The molecule has 0 saturated heterocycles. The molecule has 7 heteroatoms. The second-order valence-corrected chi connectivity index (χ2v) is 7.05. The van der Waals surface area contributed by atoms with Crippen LogP contribution in [-0.4, -0.2) is 41.3 Å². The number of aromatic hydroxyl groups is 1. The molecule has 2 rings (SSSR count). The van der Waals surface area contributed by atoms with Gasteiger partial charge in [-0.25, -0.2) is 4.79 Å². The molecule has 0 fully saturated rings. The molecule has 6 nitrogen and oxygen atoms in total. The molecule has 0 saturated carbocycles. The van der Waals surface area contributed by atoms with Crippen LogP contribution in [0.5, 0.6) is 11.5 Å². The Morgan fingerprint density at radius 3 is 2.65 bits per heavy atom. The molecule has 0 aromatic heterocycles. The third kappa shape index (κ3) is 5.11. The van der Waals surface area contributed by atoms with Crippen LogP contribution in [-0.2, 0) is 16.0 Å². The Kier molecular flexibility index (Phi) is 7.29. The largest absolute Gasteiger partial charge is 0.506 e. The highest BCUT2D eigenvalue weighted by atomic mass is 35.5. The summed E-state index contributed by atoms with van der Waals surface area (Å²) >= 11 is 6.18. The molecule has 144 valence electrons. The number of carbonyl (C=O) groups excluding carboxylic acids is 2. The summed E-state index contributed by atoms with van der Waals surface area (Å²) in [6.07, 6.45) is 2.38. The maximum atomic E-state index is 12.7. The maximum Gasteiger partial charge on any atom is 0.342 e. The van der Waals surface area contributed by atoms with E-state index in [0.717, 1.165) is 6.42 Å². The minimum Gasteiger partial charge on any atom is -0.506 e. The average molecular weight is 385 g/mol. The number of aliphatic hydroxyl groups is 1. The van der Waals surface area contributed by atoms with Gasteiger partial charge in [0.1, 0.15) is 22.8 Å². The lowest BCUT2D eigenvalue weighted by molar-refractivity contribution is -0.118. The van der Waals surface area contributed by atoms with Gasteiger partial charge < -0.3 is 19.7 Å². The summed E-state index contributed by atoms with van der Waals surface area (Å²) < 4.78 is 10.7. The third-order valence-corrected chi connectivity index (χ3v) is 4.98. The van der Waals surface area contributed by atoms with Crippen molar-refractivity contribution in [3.63, 3.8) is 0 Å². The van der Waals surface area contributed by atoms with E-state index in [2.05, 4.69) is 0 Å². The number of ketones is 1. The van der Waals surface area contributed by atoms with E-state index < -0.39 is 18.2 Å². The Balaban J connectivity index is 2.43. The van der Waals surface area contributed by atoms with Crippen molar-refractivity contribution in [2.24, 2.45) is 0 Å². The van der Waals surface area contributed by atoms with Gasteiger partial charge in [-0.2, -0.15) is 0 Å². The molecule has 0 spiro atoms. The fraction of sp³-hybridized carbons (Fsp3) is 0.579. The number of carbonyl (C=O) groups is 2. The first-order valence-corrected chi connectivity index (χ1v) is 9.20. The van der Waals surface area contributed by atoms with Gasteiger partial charge >= 0.3 is 5.97 Å².